The molecule has 120 valence electrons. The number of nitrogens with two attached hydrogens (primary N) is 1. The number of amides is 1. The molecule has 0 radical (unpaired) electrons. The van der Waals surface area contributed by atoms with Crippen LogP contribution in [-0.4, -0.2) is 35.1 Å². The summed E-state index contributed by atoms with van der Waals surface area (Å²) in [7, 11) is 0. The van der Waals surface area contributed by atoms with Gasteiger partial charge >= 0.3 is 0 Å². The molecule has 1 aromatic heterocycles. The molecule has 3 rings (SSSR count). The molecule has 0 aliphatic carbocycles. The average molecular weight is 324 g/mol. The lowest BCUT2D eigenvalue weighted by Crippen LogP contribution is -2.45. The monoisotopic (exact) mass is 323 g/mol. The first-order chi connectivity index (χ1) is 10.3. The van der Waals surface area contributed by atoms with Gasteiger partial charge in [-0.3, -0.25) is 4.79 Å². The first-order valence-corrected chi connectivity index (χ1v) is 7.62. The Morgan fingerprint density at radius 3 is 3.00 bits per heavy atom. The zero-order valence-corrected chi connectivity index (χ0v) is 13.3. The molecule has 1 amide bonds. The van der Waals surface area contributed by atoms with Crippen LogP contribution >= 0.6 is 12.4 Å². The predicted octanol–water partition coefficient (Wildman–Crippen LogP) is 2.52. The van der Waals surface area contributed by atoms with Gasteiger partial charge in [-0.25, -0.2) is 0 Å². The molecular formula is C16H22ClN3O2. The van der Waals surface area contributed by atoms with E-state index in [1.165, 1.54) is 6.42 Å². The number of fused-ring (bicyclic) bond motifs is 1. The van der Waals surface area contributed by atoms with Crippen LogP contribution < -0.4 is 5.73 Å². The lowest BCUT2D eigenvalue weighted by Gasteiger charge is -2.35. The van der Waals surface area contributed by atoms with E-state index < -0.39 is 0 Å². The number of carbonyl (C=O) groups excluding carboxylic acids is 1. The number of hydrogen-bond donors (Lipinski definition) is 1. The van der Waals surface area contributed by atoms with Gasteiger partial charge in [0, 0.05) is 18.0 Å². The quantitative estimate of drug-likeness (QED) is 0.938. The number of piperidine rings is 1. The predicted molar refractivity (Wildman–Crippen MR) is 88.0 cm³/mol. The lowest BCUT2D eigenvalue weighted by molar-refractivity contribution is -0.134. The van der Waals surface area contributed by atoms with Crippen LogP contribution in [0.3, 0.4) is 0 Å². The lowest BCUT2D eigenvalue weighted by atomic mass is 9.98. The second-order valence-corrected chi connectivity index (χ2v) is 5.62. The third-order valence-electron chi connectivity index (χ3n) is 4.22. The summed E-state index contributed by atoms with van der Waals surface area (Å²) in [6, 6.07) is 7.94. The van der Waals surface area contributed by atoms with Crippen molar-refractivity contribution in [2.75, 3.05) is 13.1 Å². The number of rotatable bonds is 4. The van der Waals surface area contributed by atoms with E-state index in [0.717, 1.165) is 42.5 Å². The molecule has 1 aromatic carbocycles. The highest BCUT2D eigenvalue weighted by molar-refractivity contribution is 5.86. The van der Waals surface area contributed by atoms with Gasteiger partial charge in [0.25, 0.3) is 0 Å². The van der Waals surface area contributed by atoms with E-state index in [1.54, 1.807) is 0 Å². The molecule has 1 unspecified atom stereocenters. The first kappa shape index (κ1) is 16.8. The van der Waals surface area contributed by atoms with Crippen LogP contribution in [0.2, 0.25) is 0 Å². The van der Waals surface area contributed by atoms with Gasteiger partial charge in [-0.2, -0.15) is 0 Å². The van der Waals surface area contributed by atoms with Crippen molar-refractivity contribution in [3.8, 4) is 0 Å². The van der Waals surface area contributed by atoms with E-state index >= 15 is 0 Å². The molecule has 2 N–H and O–H groups in total. The van der Waals surface area contributed by atoms with E-state index in [2.05, 4.69) is 5.16 Å². The second-order valence-electron chi connectivity index (χ2n) is 5.62. The summed E-state index contributed by atoms with van der Waals surface area (Å²) in [6.45, 7) is 1.46. The van der Waals surface area contributed by atoms with Gasteiger partial charge < -0.3 is 15.2 Å². The summed E-state index contributed by atoms with van der Waals surface area (Å²) in [4.78, 5) is 14.6. The Balaban J connectivity index is 0.00000176. The Hall–Kier alpha value is -1.59. The number of aromatic nitrogens is 1. The smallest absolute Gasteiger partial charge is 0.228 e. The molecule has 22 heavy (non-hydrogen) atoms. The van der Waals surface area contributed by atoms with Gasteiger partial charge in [0.05, 0.1) is 6.42 Å². The molecule has 0 saturated carbocycles. The minimum absolute atomic E-state index is 0. The number of benzene rings is 1. The molecule has 5 nitrogen and oxygen atoms in total. The molecule has 2 aromatic rings. The van der Waals surface area contributed by atoms with Crippen LogP contribution in [0.4, 0.5) is 0 Å². The van der Waals surface area contributed by atoms with Crippen LogP contribution in [0, 0.1) is 0 Å². The molecule has 1 atom stereocenters. The maximum Gasteiger partial charge on any atom is 0.228 e. The van der Waals surface area contributed by atoms with Crippen LogP contribution in [0.15, 0.2) is 28.8 Å². The number of halogens is 1. The van der Waals surface area contributed by atoms with Crippen LogP contribution in [0.5, 0.6) is 0 Å². The Morgan fingerprint density at radius 2 is 2.18 bits per heavy atom. The van der Waals surface area contributed by atoms with Gasteiger partial charge in [-0.15, -0.1) is 12.4 Å². The molecule has 1 aliphatic rings. The summed E-state index contributed by atoms with van der Waals surface area (Å²) < 4.78 is 5.27. The van der Waals surface area contributed by atoms with E-state index in [9.17, 15) is 4.79 Å². The average Bonchev–Trinajstić information content (AvgIpc) is 2.91. The standard InChI is InChI=1S/C16H21N3O2.ClH/c17-9-8-12-5-3-4-10-19(12)16(20)11-14-13-6-1-2-7-15(13)21-18-14;/h1-2,6-7,12H,3-5,8-11,17H2;1H. The van der Waals surface area contributed by atoms with Crippen LogP contribution in [0.1, 0.15) is 31.4 Å². The van der Waals surface area contributed by atoms with Crippen molar-refractivity contribution >= 4 is 29.3 Å². The molecule has 6 heteroatoms. The van der Waals surface area contributed by atoms with Gasteiger partial charge in [-0.1, -0.05) is 17.3 Å². The summed E-state index contributed by atoms with van der Waals surface area (Å²) in [5.74, 6) is 0.132. The van der Waals surface area contributed by atoms with Gasteiger partial charge in [0.2, 0.25) is 5.91 Å². The van der Waals surface area contributed by atoms with E-state index in [-0.39, 0.29) is 24.4 Å². The number of nitrogens with zero attached hydrogens (tertiary/aromatic N) is 2. The van der Waals surface area contributed by atoms with Gasteiger partial charge in [-0.05, 0) is 44.4 Å². The Kier molecular flexibility index (Phi) is 5.80. The summed E-state index contributed by atoms with van der Waals surface area (Å²) >= 11 is 0. The summed E-state index contributed by atoms with van der Waals surface area (Å²) in [6.07, 6.45) is 4.50. The van der Waals surface area contributed by atoms with Crippen molar-refractivity contribution in [1.82, 2.24) is 10.1 Å². The molecule has 2 heterocycles. The largest absolute Gasteiger partial charge is 0.356 e. The van der Waals surface area contributed by atoms with E-state index in [0.29, 0.717) is 13.0 Å². The molecule has 1 aliphatic heterocycles. The topological polar surface area (TPSA) is 72.4 Å². The Labute approximate surface area is 136 Å². The van der Waals surface area contributed by atoms with Crippen molar-refractivity contribution in [3.05, 3.63) is 30.0 Å². The van der Waals surface area contributed by atoms with Crippen molar-refractivity contribution < 1.29 is 9.32 Å². The Bertz CT molecular complexity index is 627. The van der Waals surface area contributed by atoms with Crippen LogP contribution in [-0.2, 0) is 11.2 Å². The third kappa shape index (κ3) is 3.42. The fraction of sp³-hybridized carbons (Fsp3) is 0.500. The molecule has 0 spiro atoms. The zero-order valence-electron chi connectivity index (χ0n) is 12.5. The SMILES string of the molecule is Cl.NCCC1CCCCN1C(=O)Cc1noc2ccccc12. The minimum Gasteiger partial charge on any atom is -0.356 e. The highest BCUT2D eigenvalue weighted by Gasteiger charge is 2.27. The third-order valence-corrected chi connectivity index (χ3v) is 4.22. The normalized spacial score (nSPS) is 18.2. The van der Waals surface area contributed by atoms with Crippen LogP contribution in [0.25, 0.3) is 11.0 Å². The van der Waals surface area contributed by atoms with Crippen molar-refractivity contribution in [2.24, 2.45) is 5.73 Å². The number of hydrogen-bond acceptors (Lipinski definition) is 4. The fourth-order valence-corrected chi connectivity index (χ4v) is 3.13. The molecular weight excluding hydrogens is 302 g/mol. The Morgan fingerprint density at radius 1 is 1.36 bits per heavy atom. The second kappa shape index (κ2) is 7.61. The first-order valence-electron chi connectivity index (χ1n) is 7.62. The highest BCUT2D eigenvalue weighted by Crippen LogP contribution is 2.23. The number of likely N-dealkylation sites (tertiary alicyclic amines) is 1. The van der Waals surface area contributed by atoms with E-state index in [4.69, 9.17) is 10.3 Å². The molecule has 0 bridgehead atoms. The number of carbonyl (C=O) groups is 1. The van der Waals surface area contributed by atoms with Gasteiger partial charge in [0.15, 0.2) is 5.58 Å². The molecule has 1 saturated heterocycles. The van der Waals surface area contributed by atoms with Crippen molar-refractivity contribution in [2.45, 2.75) is 38.1 Å². The van der Waals surface area contributed by atoms with Crippen molar-refractivity contribution in [1.29, 1.82) is 0 Å². The summed E-state index contributed by atoms with van der Waals surface area (Å²) in [5, 5.41) is 4.98. The number of para-hydroxylation sites is 1. The minimum atomic E-state index is 0. The fourth-order valence-electron chi connectivity index (χ4n) is 3.13. The maximum absolute atomic E-state index is 12.6. The van der Waals surface area contributed by atoms with Crippen molar-refractivity contribution in [3.63, 3.8) is 0 Å². The zero-order chi connectivity index (χ0) is 14.7. The highest BCUT2D eigenvalue weighted by atomic mass is 35.5. The van der Waals surface area contributed by atoms with Gasteiger partial charge in [0.1, 0.15) is 5.69 Å². The van der Waals surface area contributed by atoms with E-state index in [1.807, 2.05) is 29.2 Å². The summed E-state index contributed by atoms with van der Waals surface area (Å²) in [5.41, 5.74) is 7.13. The maximum atomic E-state index is 12.6. The molecule has 1 fully saturated rings.